The molecule has 5 N–H and O–H groups in total. The zero-order valence-electron chi connectivity index (χ0n) is 36.7. The van der Waals surface area contributed by atoms with Gasteiger partial charge in [0.15, 0.2) is 11.3 Å². The Labute approximate surface area is 363 Å². The molecule has 0 spiro atoms. The van der Waals surface area contributed by atoms with E-state index in [4.69, 9.17) is 23.7 Å². The van der Waals surface area contributed by atoms with Crippen molar-refractivity contribution in [2.24, 2.45) is 0 Å². The van der Waals surface area contributed by atoms with Gasteiger partial charge in [-0.15, -0.1) is 0 Å². The Morgan fingerprint density at radius 2 is 1.27 bits per heavy atom. The van der Waals surface area contributed by atoms with Crippen molar-refractivity contribution in [3.8, 4) is 11.5 Å². The van der Waals surface area contributed by atoms with Gasteiger partial charge in [0, 0.05) is 38.3 Å². The molecule has 2 aromatic carbocycles. The number of anilines is 6. The van der Waals surface area contributed by atoms with Gasteiger partial charge in [-0.1, -0.05) is 12.1 Å². The van der Waals surface area contributed by atoms with Crippen molar-refractivity contribution in [2.75, 3.05) is 62.4 Å². The Morgan fingerprint density at radius 3 is 1.76 bits per heavy atom. The Balaban J connectivity index is 0.000000193. The Bertz CT molecular complexity index is 2660. The maximum Gasteiger partial charge on any atom is 0.415 e. The van der Waals surface area contributed by atoms with Gasteiger partial charge in [-0.05, 0) is 70.0 Å². The first-order chi connectivity index (χ1) is 30.1. The summed E-state index contributed by atoms with van der Waals surface area (Å²) in [6.07, 6.45) is 2.37. The predicted molar refractivity (Wildman–Crippen MR) is 236 cm³/mol. The summed E-state index contributed by atoms with van der Waals surface area (Å²) < 4.78 is 31.1. The number of nitrogens with zero attached hydrogens (tertiary/aromatic N) is 7. The lowest BCUT2D eigenvalue weighted by molar-refractivity contribution is 0.0587. The standard InChI is InChI=1S/C24H30N6O5.C19H22N6O3/c1-14-12-34-13-15-7-8-18(33-6)17(9-15)27-19-10-20(29(5)23(32)35-24(2,3)4)30-21(28-19)16(11-25-30)22(31)26-14;1-11-9-28-10-12-4-5-15(27-3)14(6-12)23-16-7-17(20-2)25-18(24-16)13(8-21-25)19(26)22-11/h7-11,14H,12-13H2,1-6H3,(H,26,31)(H,27,28);4-8,11,20H,9-10H2,1-3H3,(H,22,26)(H,23,24)/t14-;11-/m11/s1. The van der Waals surface area contributed by atoms with Crippen molar-refractivity contribution < 1.29 is 38.1 Å². The van der Waals surface area contributed by atoms with Crippen LogP contribution >= 0.6 is 0 Å². The monoisotopic (exact) mass is 864 g/mol. The summed E-state index contributed by atoms with van der Waals surface area (Å²) in [5, 5.41) is 24.1. The summed E-state index contributed by atoms with van der Waals surface area (Å²) in [7, 11) is 6.56. The number of hydrogen-bond donors (Lipinski definition) is 5. The van der Waals surface area contributed by atoms with Crippen LogP contribution in [0, 0.1) is 0 Å². The fourth-order valence-electron chi connectivity index (χ4n) is 6.75. The smallest absolute Gasteiger partial charge is 0.415 e. The number of carbonyl (C=O) groups excluding carboxylic acids is 3. The molecule has 4 aromatic heterocycles. The molecule has 0 radical (unpaired) electrons. The summed E-state index contributed by atoms with van der Waals surface area (Å²) in [6.45, 7) is 10.6. The molecular weight excluding hydrogens is 813 g/mol. The molecule has 20 nitrogen and oxygen atoms in total. The number of methoxy groups -OCH3 is 2. The second-order valence-corrected chi connectivity index (χ2v) is 16.0. The third kappa shape index (κ3) is 9.97. The van der Waals surface area contributed by atoms with E-state index in [2.05, 4.69) is 46.7 Å². The van der Waals surface area contributed by atoms with E-state index in [0.717, 1.165) is 16.8 Å². The van der Waals surface area contributed by atoms with E-state index in [0.29, 0.717) is 78.1 Å². The molecule has 8 rings (SSSR count). The maximum absolute atomic E-state index is 13.0. The molecule has 0 aliphatic carbocycles. The minimum absolute atomic E-state index is 0.159. The second-order valence-electron chi connectivity index (χ2n) is 16.0. The van der Waals surface area contributed by atoms with Gasteiger partial charge in [-0.2, -0.15) is 19.2 Å². The zero-order valence-corrected chi connectivity index (χ0v) is 36.7. The van der Waals surface area contributed by atoms with Gasteiger partial charge < -0.3 is 50.3 Å². The van der Waals surface area contributed by atoms with Crippen LogP contribution in [0.5, 0.6) is 11.5 Å². The fraction of sp³-hybridized carbons (Fsp3) is 0.372. The van der Waals surface area contributed by atoms with E-state index in [9.17, 15) is 14.4 Å². The fourth-order valence-corrected chi connectivity index (χ4v) is 6.75. The molecule has 2 atom stereocenters. The van der Waals surface area contributed by atoms with Crippen LogP contribution in [0.3, 0.4) is 0 Å². The highest BCUT2D eigenvalue weighted by Gasteiger charge is 2.26. The van der Waals surface area contributed by atoms with Crippen LogP contribution < -0.4 is 41.0 Å². The minimum Gasteiger partial charge on any atom is -0.495 e. The third-order valence-corrected chi connectivity index (χ3v) is 9.76. The highest BCUT2D eigenvalue weighted by molar-refractivity contribution is 6.01. The summed E-state index contributed by atoms with van der Waals surface area (Å²) in [5.74, 6) is 2.71. The Kier molecular flexibility index (Phi) is 12.8. The number of amides is 3. The quantitative estimate of drug-likeness (QED) is 0.144. The largest absolute Gasteiger partial charge is 0.495 e. The van der Waals surface area contributed by atoms with E-state index in [1.54, 1.807) is 59.7 Å². The zero-order chi connectivity index (χ0) is 45.0. The number of hydrogen-bond acceptors (Lipinski definition) is 15. The average Bonchev–Trinajstić information content (AvgIpc) is 3.87. The van der Waals surface area contributed by atoms with E-state index in [1.165, 1.54) is 21.8 Å². The lowest BCUT2D eigenvalue weighted by Crippen LogP contribution is -2.36. The Hall–Kier alpha value is -7.19. The van der Waals surface area contributed by atoms with Crippen molar-refractivity contribution >= 4 is 63.8 Å². The maximum atomic E-state index is 13.0. The highest BCUT2D eigenvalue weighted by atomic mass is 16.6. The van der Waals surface area contributed by atoms with E-state index in [1.807, 2.05) is 56.3 Å². The predicted octanol–water partition coefficient (Wildman–Crippen LogP) is 5.67. The number of aromatic nitrogens is 6. The van der Waals surface area contributed by atoms with Gasteiger partial charge in [0.25, 0.3) is 11.8 Å². The number of carbonyl (C=O) groups is 3. The molecule has 0 saturated carbocycles. The number of ether oxygens (including phenoxy) is 5. The molecule has 8 bridgehead atoms. The van der Waals surface area contributed by atoms with Crippen LogP contribution in [0.15, 0.2) is 60.9 Å². The molecule has 332 valence electrons. The van der Waals surface area contributed by atoms with Crippen molar-refractivity contribution in [3.63, 3.8) is 0 Å². The molecule has 0 saturated heterocycles. The molecule has 2 aliphatic rings. The molecule has 6 aromatic rings. The second kappa shape index (κ2) is 18.4. The van der Waals surface area contributed by atoms with Gasteiger partial charge in [0.2, 0.25) is 0 Å². The van der Waals surface area contributed by atoms with E-state index >= 15 is 0 Å². The molecular formula is C43H52N12O8. The van der Waals surface area contributed by atoms with Crippen LogP contribution in [-0.2, 0) is 27.4 Å². The van der Waals surface area contributed by atoms with E-state index in [-0.39, 0.29) is 35.1 Å². The van der Waals surface area contributed by atoms with Gasteiger partial charge in [-0.25, -0.2) is 14.8 Å². The van der Waals surface area contributed by atoms with Crippen LogP contribution in [0.25, 0.3) is 11.3 Å². The van der Waals surface area contributed by atoms with Crippen LogP contribution in [-0.4, -0.2) is 106 Å². The first-order valence-electron chi connectivity index (χ1n) is 20.2. The molecule has 2 aliphatic heterocycles. The highest BCUT2D eigenvalue weighted by Crippen LogP contribution is 2.33. The lowest BCUT2D eigenvalue weighted by atomic mass is 10.2. The number of nitrogens with one attached hydrogen (secondary N) is 5. The SMILES string of the molecule is CNc1cc2nc3c(cnn13)C(=O)N[C@H](C)COCc1ccc(OC)c(c1)N2.COc1ccc2cc1Nc1cc(N(C)C(=O)OC(C)(C)C)n3ncc(c3n1)C(=O)N[C@H](C)COC2. The molecule has 3 amide bonds. The number of rotatable bonds is 4. The lowest BCUT2D eigenvalue weighted by Gasteiger charge is -2.25. The first-order valence-corrected chi connectivity index (χ1v) is 20.2. The first kappa shape index (κ1) is 43.9. The molecule has 0 fully saturated rings. The minimum atomic E-state index is -0.687. The van der Waals surface area contributed by atoms with Crippen LogP contribution in [0.4, 0.5) is 39.4 Å². The molecule has 6 heterocycles. The van der Waals surface area contributed by atoms with Gasteiger partial charge in [0.05, 0.1) is 64.4 Å². The normalized spacial score (nSPS) is 16.6. The van der Waals surface area contributed by atoms with Crippen LogP contribution in [0.1, 0.15) is 66.5 Å². The number of benzene rings is 2. The van der Waals surface area contributed by atoms with E-state index < -0.39 is 11.7 Å². The van der Waals surface area contributed by atoms with Gasteiger partial charge in [-0.3, -0.25) is 14.5 Å². The van der Waals surface area contributed by atoms with Crippen molar-refractivity contribution in [1.29, 1.82) is 0 Å². The molecule has 0 unspecified atom stereocenters. The Morgan fingerprint density at radius 1 is 0.778 bits per heavy atom. The van der Waals surface area contributed by atoms with Gasteiger partial charge in [0.1, 0.15) is 51.5 Å². The summed E-state index contributed by atoms with van der Waals surface area (Å²) in [4.78, 5) is 49.2. The third-order valence-electron chi connectivity index (χ3n) is 9.76. The summed E-state index contributed by atoms with van der Waals surface area (Å²) >= 11 is 0. The van der Waals surface area contributed by atoms with Crippen molar-refractivity contribution in [1.82, 2.24) is 39.8 Å². The summed E-state index contributed by atoms with van der Waals surface area (Å²) in [5.41, 5.74) is 4.02. The number of fused-ring (bicyclic) bond motifs is 6. The molecule has 63 heavy (non-hydrogen) atoms. The van der Waals surface area contributed by atoms with Crippen molar-refractivity contribution in [3.05, 3.63) is 83.2 Å². The van der Waals surface area contributed by atoms with Crippen molar-refractivity contribution in [2.45, 2.75) is 65.5 Å². The van der Waals surface area contributed by atoms with Crippen LogP contribution in [0.2, 0.25) is 0 Å². The summed E-state index contributed by atoms with van der Waals surface area (Å²) in [6, 6.07) is 14.5. The molecule has 20 heteroatoms. The topological polar surface area (TPSA) is 221 Å². The average molecular weight is 865 g/mol. The van der Waals surface area contributed by atoms with Gasteiger partial charge >= 0.3 is 6.09 Å².